The molecule has 1 aromatic carbocycles. The summed E-state index contributed by atoms with van der Waals surface area (Å²) in [5, 5.41) is 23.7. The summed E-state index contributed by atoms with van der Waals surface area (Å²) in [7, 11) is 5.79. The Morgan fingerprint density at radius 2 is 1.61 bits per heavy atom. The number of nitrogens with zero attached hydrogens (tertiary/aromatic N) is 6. The molecule has 1 amide bonds. The third-order valence-electron chi connectivity index (χ3n) is 19.5. The largest absolute Gasteiger partial charge is 0.417 e. The first-order valence-electron chi connectivity index (χ1n) is 32.8. The zero-order chi connectivity index (χ0) is 62.0. The van der Waals surface area contributed by atoms with Gasteiger partial charge in [0.1, 0.15) is 0 Å². The maximum atomic E-state index is 14.8. The maximum Gasteiger partial charge on any atom is 0.417 e. The second kappa shape index (κ2) is 33.8. The lowest BCUT2D eigenvalue weighted by Gasteiger charge is -2.60. The van der Waals surface area contributed by atoms with Crippen LogP contribution in [0.2, 0.25) is 5.02 Å². The SMILES string of the molecule is CC[C@H](C)[C@H]1CN[C@@H](CC(C)C)C(C)NCC2[C@@H](C(=O)N3CCCCC3)C(C)N2[C@@H](C(C)C)C(C)NC2(CCCC2)CNCCN=CC=C(CCc2ccc(C(F)(F)F)c(Cl)c2)NC=CN(C)C=C(COC)N(C)C=C2CCCN2[C@@H](C)C(C)N1. The zero-order valence-corrected chi connectivity index (χ0v) is 55.5. The van der Waals surface area contributed by atoms with Crippen molar-refractivity contribution in [2.24, 2.45) is 28.7 Å². The van der Waals surface area contributed by atoms with E-state index < -0.39 is 11.7 Å². The molecule has 14 nitrogen and oxygen atoms in total. The van der Waals surface area contributed by atoms with Crippen molar-refractivity contribution in [3.63, 3.8) is 0 Å². The first kappa shape index (κ1) is 70.4. The first-order valence-corrected chi connectivity index (χ1v) is 33.2. The molecule has 0 radical (unpaired) electrons. The zero-order valence-electron chi connectivity index (χ0n) is 54.8. The van der Waals surface area contributed by atoms with E-state index >= 15 is 0 Å². The van der Waals surface area contributed by atoms with E-state index in [0.717, 1.165) is 108 Å². The average molecular weight is 1210 g/mol. The topological polar surface area (TPSA) is 127 Å². The van der Waals surface area contributed by atoms with Crippen molar-refractivity contribution in [3.05, 3.63) is 82.3 Å². The Morgan fingerprint density at radius 1 is 0.882 bits per heavy atom. The number of allylic oxidation sites excluding steroid dienone is 3. The molecule has 4 heterocycles. The van der Waals surface area contributed by atoms with E-state index in [1.54, 1.807) is 7.11 Å². The molecule has 1 aliphatic carbocycles. The van der Waals surface area contributed by atoms with Gasteiger partial charge in [0, 0.05) is 169 Å². The molecule has 5 unspecified atom stereocenters. The van der Waals surface area contributed by atoms with Crippen LogP contribution >= 0.6 is 11.6 Å². The Balaban J connectivity index is 1.30. The number of benzene rings is 1. The molecule has 482 valence electrons. The number of rotatable bonds is 11. The van der Waals surface area contributed by atoms with Crippen LogP contribution in [0.15, 0.2) is 71.2 Å². The number of nitrogens with one attached hydrogen (secondary N) is 6. The van der Waals surface area contributed by atoms with Crippen molar-refractivity contribution >= 4 is 23.7 Å². The number of amides is 1. The number of methoxy groups -OCH3 is 1. The highest BCUT2D eigenvalue weighted by Crippen LogP contribution is 2.41. The number of fused-ring (bicyclic) bond motifs is 2. The van der Waals surface area contributed by atoms with Gasteiger partial charge in [-0.25, -0.2) is 0 Å². The quantitative estimate of drug-likeness (QED) is 0.126. The van der Waals surface area contributed by atoms with E-state index in [9.17, 15) is 18.0 Å². The van der Waals surface area contributed by atoms with Crippen LogP contribution in [0.5, 0.6) is 0 Å². The summed E-state index contributed by atoms with van der Waals surface area (Å²) in [5.74, 6) is 1.62. The van der Waals surface area contributed by atoms with Gasteiger partial charge in [0.2, 0.25) is 5.91 Å². The van der Waals surface area contributed by atoms with Gasteiger partial charge in [0.25, 0.3) is 0 Å². The third kappa shape index (κ3) is 20.2. The minimum Gasteiger partial charge on any atom is -0.378 e. The summed E-state index contributed by atoms with van der Waals surface area (Å²) >= 11 is 6.16. The molecule has 1 saturated carbocycles. The highest BCUT2D eigenvalue weighted by Gasteiger charge is 2.55. The molecule has 1 spiro atoms. The van der Waals surface area contributed by atoms with Gasteiger partial charge in [0.05, 0.1) is 35.4 Å². The summed E-state index contributed by atoms with van der Waals surface area (Å²) in [5.41, 5.74) is 2.97. The highest BCUT2D eigenvalue weighted by molar-refractivity contribution is 6.31. The van der Waals surface area contributed by atoms with Gasteiger partial charge in [-0.1, -0.05) is 78.5 Å². The number of hydrogen-bond donors (Lipinski definition) is 6. The van der Waals surface area contributed by atoms with Gasteiger partial charge >= 0.3 is 6.18 Å². The van der Waals surface area contributed by atoms with Crippen LogP contribution in [0.3, 0.4) is 0 Å². The van der Waals surface area contributed by atoms with Crippen LogP contribution in [-0.2, 0) is 22.1 Å². The van der Waals surface area contributed by atoms with Crippen molar-refractivity contribution in [2.75, 3.05) is 80.2 Å². The van der Waals surface area contributed by atoms with E-state index in [4.69, 9.17) is 21.3 Å². The van der Waals surface area contributed by atoms with Gasteiger partial charge in [-0.05, 0) is 140 Å². The maximum absolute atomic E-state index is 14.8. The molecule has 0 bridgehead atoms. The third-order valence-corrected chi connectivity index (χ3v) is 19.8. The molecule has 5 aliphatic rings. The molecule has 11 atom stereocenters. The molecule has 4 fully saturated rings. The fourth-order valence-corrected chi connectivity index (χ4v) is 14.6. The molecule has 6 rings (SSSR count). The summed E-state index contributed by atoms with van der Waals surface area (Å²) in [6, 6.07) is 5.77. The Labute approximate surface area is 517 Å². The molecular formula is C67H114ClF3N12O2. The predicted octanol–water partition coefficient (Wildman–Crippen LogP) is 11.0. The number of likely N-dealkylation sites (N-methyl/N-ethyl adjacent to an activating group) is 1. The molecule has 6 N–H and O–H groups in total. The van der Waals surface area contributed by atoms with Crippen molar-refractivity contribution in [1.29, 1.82) is 0 Å². The van der Waals surface area contributed by atoms with E-state index in [-0.39, 0.29) is 70.9 Å². The van der Waals surface area contributed by atoms with Crippen LogP contribution in [0.25, 0.3) is 0 Å². The lowest BCUT2D eigenvalue weighted by molar-refractivity contribution is -0.162. The van der Waals surface area contributed by atoms with Crippen LogP contribution in [-0.4, -0.2) is 177 Å². The molecule has 85 heavy (non-hydrogen) atoms. The second-order valence-corrected chi connectivity index (χ2v) is 27.2. The fraction of sp³-hybridized carbons (Fsp3) is 0.761. The summed E-state index contributed by atoms with van der Waals surface area (Å²) in [6.07, 6.45) is 20.6. The highest BCUT2D eigenvalue weighted by atomic mass is 35.5. The average Bonchev–Trinajstić information content (AvgIpc) is 3.81. The smallest absolute Gasteiger partial charge is 0.378 e. The van der Waals surface area contributed by atoms with Crippen molar-refractivity contribution in [1.82, 2.24) is 56.4 Å². The number of aryl methyl sites for hydroxylation is 1. The number of piperidine rings is 1. The monoisotopic (exact) mass is 1210 g/mol. The van der Waals surface area contributed by atoms with Crippen molar-refractivity contribution in [2.45, 2.75) is 226 Å². The number of likely N-dealkylation sites (tertiary alicyclic amines) is 1. The van der Waals surface area contributed by atoms with Crippen molar-refractivity contribution < 1.29 is 22.7 Å². The second-order valence-electron chi connectivity index (χ2n) is 26.8. The van der Waals surface area contributed by atoms with Crippen LogP contribution in [0, 0.1) is 23.7 Å². The number of hydrogen-bond acceptors (Lipinski definition) is 13. The Bertz CT molecular complexity index is 2350. The lowest BCUT2D eigenvalue weighted by atomic mass is 9.74. The summed E-state index contributed by atoms with van der Waals surface area (Å²) in [6.45, 7) is 32.8. The van der Waals surface area contributed by atoms with E-state index in [0.29, 0.717) is 61.8 Å². The lowest BCUT2D eigenvalue weighted by Crippen LogP contribution is -2.76. The van der Waals surface area contributed by atoms with Gasteiger partial charge in [-0.3, -0.25) is 14.7 Å². The minimum atomic E-state index is -4.52. The van der Waals surface area contributed by atoms with Gasteiger partial charge < -0.3 is 56.2 Å². The Hall–Kier alpha value is -3.68. The molecule has 18 heteroatoms. The normalized spacial score (nSPS) is 29.6. The minimum absolute atomic E-state index is 0.0549. The van der Waals surface area contributed by atoms with E-state index in [1.807, 2.05) is 36.6 Å². The molecule has 3 saturated heterocycles. The molecular weight excluding hydrogens is 1100 g/mol. The first-order chi connectivity index (χ1) is 40.5. The number of carbonyl (C=O) groups excluding carboxylic acids is 1. The van der Waals surface area contributed by atoms with Crippen LogP contribution in [0.4, 0.5) is 13.2 Å². The molecule has 0 aromatic heterocycles. The predicted molar refractivity (Wildman–Crippen MR) is 346 cm³/mol. The van der Waals surface area contributed by atoms with E-state index in [1.165, 1.54) is 37.1 Å². The number of carbonyl (C=O) groups is 1. The summed E-state index contributed by atoms with van der Waals surface area (Å²) in [4.78, 5) is 31.2. The van der Waals surface area contributed by atoms with Gasteiger partial charge in [-0.2, -0.15) is 13.2 Å². The molecule has 1 aromatic rings. The fourth-order valence-electron chi connectivity index (χ4n) is 14.3. The Kier molecular flexibility index (Phi) is 28.0. The Morgan fingerprint density at radius 3 is 2.27 bits per heavy atom. The standard InChI is InChI=1S/C67H114ClF3N12O2/c1-15-48(6)61-40-76-60(38-46(2)3)50(8)75-41-62-63(65(84)81-34-19-16-20-35-81)53(11)83(62)64(47(4)5)51(9)78-66(28-17-18-29-66)45-73-32-31-72-30-27-55(25-23-54-24-26-58(59(68)39-54)67(69,70)71)74-33-37-79(12)42-57(44-85-14)80(13)43-56-22-21-36-82(56)52(10)49(7)77-61/h24,26-27,30,33,37,39,42-43,46-53,60-64,73-78H,15-23,25,28-29,31-32,34-36,38,40-41,44-45H2,1-14H3/t48-,49?,50?,51?,52-,53?,60-,61+,62?,63-,64-/m0/s1. The molecule has 4 aliphatic heterocycles. The van der Waals surface area contributed by atoms with Crippen LogP contribution in [0.1, 0.15) is 164 Å². The number of halogens is 4. The van der Waals surface area contributed by atoms with E-state index in [2.05, 4.69) is 147 Å². The van der Waals surface area contributed by atoms with Crippen molar-refractivity contribution in [3.8, 4) is 0 Å². The van der Waals surface area contributed by atoms with Gasteiger partial charge in [0.15, 0.2) is 0 Å². The van der Waals surface area contributed by atoms with Gasteiger partial charge in [-0.15, -0.1) is 0 Å². The summed E-state index contributed by atoms with van der Waals surface area (Å²) < 4.78 is 46.6. The van der Waals surface area contributed by atoms with Crippen LogP contribution < -0.4 is 31.9 Å². The number of alkyl halides is 3. The number of aliphatic imine (C=N–C) groups is 1. The number of ether oxygens (including phenoxy) is 1.